The van der Waals surface area contributed by atoms with Crippen LogP contribution in [0.25, 0.3) is 0 Å². The van der Waals surface area contributed by atoms with Crippen molar-refractivity contribution in [3.63, 3.8) is 0 Å². The van der Waals surface area contributed by atoms with Crippen LogP contribution in [0.3, 0.4) is 0 Å². The Hall–Kier alpha value is -3.16. The molecule has 2 heterocycles. The molecule has 2 aromatic rings. The Labute approximate surface area is 185 Å². The van der Waals surface area contributed by atoms with E-state index < -0.39 is 40.6 Å². The Balaban J connectivity index is 1.81. The van der Waals surface area contributed by atoms with Gasteiger partial charge in [-0.15, -0.1) is 0 Å². The molecule has 170 valence electrons. The first kappa shape index (κ1) is 22.0. The zero-order valence-corrected chi connectivity index (χ0v) is 18.7. The number of benzene rings is 1. The lowest BCUT2D eigenvalue weighted by Crippen LogP contribution is -2.39. The quantitative estimate of drug-likeness (QED) is 0.632. The van der Waals surface area contributed by atoms with Crippen LogP contribution < -0.4 is 9.47 Å². The molecular formula is C24H26FNO6. The zero-order chi connectivity index (χ0) is 23.3. The minimum Gasteiger partial charge on any atom is -0.496 e. The number of hydrogen-bond acceptors (Lipinski definition) is 7. The van der Waals surface area contributed by atoms with Gasteiger partial charge >= 0.3 is 11.9 Å². The van der Waals surface area contributed by atoms with Crippen molar-refractivity contribution in [2.24, 2.45) is 5.41 Å². The summed E-state index contributed by atoms with van der Waals surface area (Å²) >= 11 is 0. The molecule has 1 aliphatic carbocycles. The van der Waals surface area contributed by atoms with Crippen LogP contribution in [-0.4, -0.2) is 43.9 Å². The number of aryl methyl sites for hydroxylation is 1. The fraction of sp³-hybridized carbons (Fsp3) is 0.458. The third-order valence-electron chi connectivity index (χ3n) is 6.31. The first-order chi connectivity index (χ1) is 15.1. The van der Waals surface area contributed by atoms with Gasteiger partial charge in [-0.2, -0.15) is 0 Å². The molecule has 0 unspecified atom stereocenters. The lowest BCUT2D eigenvalue weighted by molar-refractivity contribution is -0.165. The van der Waals surface area contributed by atoms with Gasteiger partial charge in [0.15, 0.2) is 0 Å². The second-order valence-corrected chi connectivity index (χ2v) is 9.07. The van der Waals surface area contributed by atoms with Gasteiger partial charge in [0.1, 0.15) is 23.6 Å². The van der Waals surface area contributed by atoms with E-state index in [0.29, 0.717) is 23.3 Å². The second-order valence-electron chi connectivity index (χ2n) is 9.07. The molecule has 1 aromatic heterocycles. The maximum atomic E-state index is 14.1. The molecule has 0 N–H and O–H groups in total. The average Bonchev–Trinajstić information content (AvgIpc) is 3.46. The molecule has 2 fully saturated rings. The number of cyclic esters (lactones) is 1. The molecule has 7 nitrogen and oxygen atoms in total. The predicted octanol–water partition coefficient (Wildman–Crippen LogP) is 3.47. The molecule has 0 amide bonds. The maximum Gasteiger partial charge on any atom is 0.348 e. The molecule has 4 rings (SSSR count). The monoisotopic (exact) mass is 443 g/mol. The van der Waals surface area contributed by atoms with Crippen molar-refractivity contribution in [3.8, 4) is 11.6 Å². The number of rotatable bonds is 6. The standard InChI is InChI=1S/C24H26FNO6/c1-13-6-7-18(29-4)16(8-13)24(22(28)32-19-21(27)31-12-23(19,2)3)10-17(24)15-9-14(25)11-26-20(15)30-5/h6-9,11,17,19H,10,12H2,1-5H3/t17-,19+,24-/m1/s1. The normalized spacial score (nSPS) is 25.8. The van der Waals surface area contributed by atoms with Gasteiger partial charge in [0.25, 0.3) is 0 Å². The van der Waals surface area contributed by atoms with E-state index in [1.165, 1.54) is 20.3 Å². The largest absolute Gasteiger partial charge is 0.496 e. The average molecular weight is 443 g/mol. The molecule has 8 heteroatoms. The number of methoxy groups -OCH3 is 2. The summed E-state index contributed by atoms with van der Waals surface area (Å²) < 4.78 is 35.9. The minimum atomic E-state index is -1.18. The van der Waals surface area contributed by atoms with Gasteiger partial charge in [0.2, 0.25) is 12.0 Å². The highest BCUT2D eigenvalue weighted by atomic mass is 19.1. The van der Waals surface area contributed by atoms with Gasteiger partial charge in [-0.1, -0.05) is 31.5 Å². The lowest BCUT2D eigenvalue weighted by atomic mass is 9.87. The number of pyridine rings is 1. The van der Waals surface area contributed by atoms with Gasteiger partial charge in [0, 0.05) is 22.5 Å². The van der Waals surface area contributed by atoms with Crippen molar-refractivity contribution < 1.29 is 32.9 Å². The Morgan fingerprint density at radius 1 is 1.22 bits per heavy atom. The zero-order valence-electron chi connectivity index (χ0n) is 18.7. The number of halogens is 1. The Kier molecular flexibility index (Phi) is 5.35. The lowest BCUT2D eigenvalue weighted by Gasteiger charge is -2.26. The highest BCUT2D eigenvalue weighted by molar-refractivity contribution is 5.93. The summed E-state index contributed by atoms with van der Waals surface area (Å²) in [5, 5.41) is 0. The van der Waals surface area contributed by atoms with E-state index in [1.807, 2.05) is 19.1 Å². The van der Waals surface area contributed by atoms with E-state index in [0.717, 1.165) is 11.8 Å². The van der Waals surface area contributed by atoms with E-state index >= 15 is 0 Å². The van der Waals surface area contributed by atoms with E-state index in [2.05, 4.69) is 4.98 Å². The topological polar surface area (TPSA) is 84.0 Å². The predicted molar refractivity (Wildman–Crippen MR) is 112 cm³/mol. The molecule has 1 saturated carbocycles. The Morgan fingerprint density at radius 2 is 1.97 bits per heavy atom. The minimum absolute atomic E-state index is 0.162. The molecule has 0 spiro atoms. The Morgan fingerprint density at radius 3 is 2.59 bits per heavy atom. The van der Waals surface area contributed by atoms with E-state index in [1.54, 1.807) is 19.9 Å². The molecule has 3 atom stereocenters. The van der Waals surface area contributed by atoms with Crippen molar-refractivity contribution in [1.82, 2.24) is 4.98 Å². The van der Waals surface area contributed by atoms with Crippen LogP contribution in [0, 0.1) is 18.2 Å². The molecule has 0 radical (unpaired) electrons. The number of esters is 2. The molecule has 1 saturated heterocycles. The van der Waals surface area contributed by atoms with Gasteiger partial charge < -0.3 is 18.9 Å². The first-order valence-corrected chi connectivity index (χ1v) is 10.4. The first-order valence-electron chi connectivity index (χ1n) is 10.4. The fourth-order valence-electron chi connectivity index (χ4n) is 4.45. The molecule has 0 bridgehead atoms. The van der Waals surface area contributed by atoms with Crippen molar-refractivity contribution >= 4 is 11.9 Å². The van der Waals surface area contributed by atoms with Crippen LogP contribution in [0.2, 0.25) is 0 Å². The number of ether oxygens (including phenoxy) is 4. The summed E-state index contributed by atoms with van der Waals surface area (Å²) in [6, 6.07) is 6.84. The third-order valence-corrected chi connectivity index (χ3v) is 6.31. The second kappa shape index (κ2) is 7.76. The third kappa shape index (κ3) is 3.47. The van der Waals surface area contributed by atoms with Crippen molar-refractivity contribution in [3.05, 3.63) is 53.0 Å². The summed E-state index contributed by atoms with van der Waals surface area (Å²) in [5.41, 5.74) is 0.155. The molecule has 1 aromatic carbocycles. The highest BCUT2D eigenvalue weighted by Crippen LogP contribution is 2.64. The summed E-state index contributed by atoms with van der Waals surface area (Å²) in [5.74, 6) is -1.42. The van der Waals surface area contributed by atoms with E-state index in [9.17, 15) is 14.0 Å². The molecule has 2 aliphatic rings. The number of carbonyl (C=O) groups is 2. The summed E-state index contributed by atoms with van der Waals surface area (Å²) in [6.45, 7) is 5.68. The molecule has 32 heavy (non-hydrogen) atoms. The van der Waals surface area contributed by atoms with Gasteiger partial charge in [-0.05, 0) is 25.5 Å². The van der Waals surface area contributed by atoms with Crippen LogP contribution in [0.5, 0.6) is 11.6 Å². The Bertz CT molecular complexity index is 1080. The molecule has 1 aliphatic heterocycles. The summed E-state index contributed by atoms with van der Waals surface area (Å²) in [6.07, 6.45) is 0.362. The van der Waals surface area contributed by atoms with Crippen LogP contribution in [0.1, 0.15) is 42.9 Å². The van der Waals surface area contributed by atoms with E-state index in [4.69, 9.17) is 18.9 Å². The van der Waals surface area contributed by atoms with Gasteiger partial charge in [-0.3, -0.25) is 4.79 Å². The van der Waals surface area contributed by atoms with Crippen LogP contribution in [0.4, 0.5) is 4.39 Å². The fourth-order valence-corrected chi connectivity index (χ4v) is 4.45. The van der Waals surface area contributed by atoms with Crippen LogP contribution >= 0.6 is 0 Å². The van der Waals surface area contributed by atoms with Crippen molar-refractivity contribution in [2.45, 2.75) is 44.6 Å². The summed E-state index contributed by atoms with van der Waals surface area (Å²) in [4.78, 5) is 30.0. The number of carbonyl (C=O) groups excluding carboxylic acids is 2. The van der Waals surface area contributed by atoms with Crippen molar-refractivity contribution in [1.29, 1.82) is 0 Å². The SMILES string of the molecule is COc1ccc(C)cc1[C@]1(C(=O)O[C@H]2C(=O)OCC2(C)C)C[C@@H]1c1cc(F)cnc1OC. The van der Waals surface area contributed by atoms with Crippen molar-refractivity contribution in [2.75, 3.05) is 20.8 Å². The smallest absolute Gasteiger partial charge is 0.348 e. The highest BCUT2D eigenvalue weighted by Gasteiger charge is 2.66. The van der Waals surface area contributed by atoms with Crippen LogP contribution in [0.15, 0.2) is 30.5 Å². The van der Waals surface area contributed by atoms with E-state index in [-0.39, 0.29) is 12.5 Å². The molecular weight excluding hydrogens is 417 g/mol. The number of aromatic nitrogens is 1. The van der Waals surface area contributed by atoms with Gasteiger partial charge in [0.05, 0.1) is 20.4 Å². The maximum absolute atomic E-state index is 14.1. The van der Waals surface area contributed by atoms with Gasteiger partial charge in [-0.25, -0.2) is 14.2 Å². The van der Waals surface area contributed by atoms with Crippen LogP contribution in [-0.2, 0) is 24.5 Å². The summed E-state index contributed by atoms with van der Waals surface area (Å²) in [7, 11) is 2.96. The number of nitrogens with zero attached hydrogens (tertiary/aromatic N) is 1. The number of hydrogen-bond donors (Lipinski definition) is 0.